The van der Waals surface area contributed by atoms with Gasteiger partial charge in [0.1, 0.15) is 5.75 Å². The first-order chi connectivity index (χ1) is 13.6. The summed E-state index contributed by atoms with van der Waals surface area (Å²) < 4.78 is 7.07. The highest BCUT2D eigenvalue weighted by Crippen LogP contribution is 2.51. The normalized spacial score (nSPS) is 24.3. The van der Waals surface area contributed by atoms with Crippen LogP contribution in [0.2, 0.25) is 0 Å². The van der Waals surface area contributed by atoms with Crippen molar-refractivity contribution in [2.24, 2.45) is 11.8 Å². The second-order valence-corrected chi connectivity index (χ2v) is 8.96. The fraction of sp³-hybridized carbons (Fsp3) is 0.455. The van der Waals surface area contributed by atoms with Gasteiger partial charge in [0.05, 0.1) is 7.11 Å². The van der Waals surface area contributed by atoms with Crippen LogP contribution < -0.4 is 10.3 Å². The van der Waals surface area contributed by atoms with E-state index in [1.807, 2.05) is 24.6 Å². The van der Waals surface area contributed by atoms with E-state index in [1.54, 1.807) is 11.5 Å². The molecule has 0 amide bonds. The van der Waals surface area contributed by atoms with Gasteiger partial charge in [0.15, 0.2) is 4.96 Å². The van der Waals surface area contributed by atoms with Crippen LogP contribution in [-0.2, 0) is 6.42 Å². The number of aromatic nitrogens is 2. The van der Waals surface area contributed by atoms with E-state index in [4.69, 9.17) is 4.74 Å². The molecular weight excluding hydrogens is 370 g/mol. The Labute approximate surface area is 168 Å². The van der Waals surface area contributed by atoms with E-state index >= 15 is 0 Å². The molecule has 2 fully saturated rings. The third-order valence-corrected chi connectivity index (χ3v) is 7.36. The maximum absolute atomic E-state index is 12.8. The maximum atomic E-state index is 12.8. The van der Waals surface area contributed by atoms with Crippen LogP contribution in [0.25, 0.3) is 4.96 Å². The average molecular weight is 396 g/mol. The summed E-state index contributed by atoms with van der Waals surface area (Å²) in [6.45, 7) is 5.18. The number of likely N-dealkylation sites (tertiary alicyclic amines) is 1. The predicted molar refractivity (Wildman–Crippen MR) is 112 cm³/mol. The van der Waals surface area contributed by atoms with Crippen LogP contribution >= 0.6 is 11.3 Å². The predicted octanol–water partition coefficient (Wildman–Crippen LogP) is 3.35. The number of methoxy groups -OCH3 is 1. The second kappa shape index (κ2) is 7.01. The molecule has 0 radical (unpaired) electrons. The van der Waals surface area contributed by atoms with Crippen molar-refractivity contribution in [3.05, 3.63) is 63.0 Å². The molecule has 3 aromatic rings. The van der Waals surface area contributed by atoms with Crippen LogP contribution in [0, 0.1) is 18.8 Å². The minimum Gasteiger partial charge on any atom is -0.497 e. The molecular formula is C22H25N3O2S. The third-order valence-electron chi connectivity index (χ3n) is 6.61. The number of hydrogen-bond acceptors (Lipinski definition) is 5. The Kier molecular flexibility index (Phi) is 4.48. The molecule has 3 atom stereocenters. The largest absolute Gasteiger partial charge is 0.497 e. The maximum Gasteiger partial charge on any atom is 0.261 e. The lowest BCUT2D eigenvalue weighted by molar-refractivity contribution is 0.190. The number of benzene rings is 1. The van der Waals surface area contributed by atoms with Gasteiger partial charge in [0, 0.05) is 42.5 Å². The molecule has 1 saturated heterocycles. The number of hydrogen-bond donors (Lipinski definition) is 0. The zero-order chi connectivity index (χ0) is 19.3. The molecule has 1 aliphatic heterocycles. The molecule has 0 bridgehead atoms. The van der Waals surface area contributed by atoms with E-state index in [0.29, 0.717) is 5.92 Å². The van der Waals surface area contributed by atoms with Gasteiger partial charge in [-0.1, -0.05) is 12.1 Å². The zero-order valence-electron chi connectivity index (χ0n) is 16.3. The van der Waals surface area contributed by atoms with E-state index in [2.05, 4.69) is 28.1 Å². The van der Waals surface area contributed by atoms with E-state index < -0.39 is 0 Å². The Morgan fingerprint density at radius 2 is 2.21 bits per heavy atom. The van der Waals surface area contributed by atoms with Gasteiger partial charge >= 0.3 is 0 Å². The molecule has 146 valence electrons. The van der Waals surface area contributed by atoms with Crippen LogP contribution in [0.1, 0.15) is 29.2 Å². The monoisotopic (exact) mass is 395 g/mol. The highest BCUT2D eigenvalue weighted by molar-refractivity contribution is 7.15. The summed E-state index contributed by atoms with van der Waals surface area (Å²) in [5.41, 5.74) is 3.24. The highest BCUT2D eigenvalue weighted by Gasteiger charge is 2.47. The minimum atomic E-state index is 0.0974. The van der Waals surface area contributed by atoms with Gasteiger partial charge < -0.3 is 9.64 Å². The molecule has 5 nitrogen and oxygen atoms in total. The number of aryl methyl sites for hydroxylation is 1. The number of thiazole rings is 1. The van der Waals surface area contributed by atoms with Gasteiger partial charge in [0.2, 0.25) is 0 Å². The Morgan fingerprint density at radius 3 is 3.07 bits per heavy atom. The summed E-state index contributed by atoms with van der Waals surface area (Å²) in [7, 11) is 1.73. The number of ether oxygens (including phenoxy) is 1. The Hall–Kier alpha value is -2.18. The molecule has 1 saturated carbocycles. The lowest BCUT2D eigenvalue weighted by Gasteiger charge is -2.40. The van der Waals surface area contributed by atoms with E-state index in [9.17, 15) is 4.79 Å². The first kappa shape index (κ1) is 17.9. The van der Waals surface area contributed by atoms with Crippen LogP contribution in [0.4, 0.5) is 0 Å². The van der Waals surface area contributed by atoms with Crippen molar-refractivity contribution in [1.29, 1.82) is 0 Å². The molecule has 3 unspecified atom stereocenters. The molecule has 0 N–H and O–H groups in total. The molecule has 6 heteroatoms. The first-order valence-electron chi connectivity index (χ1n) is 9.95. The number of rotatable bonds is 5. The van der Waals surface area contributed by atoms with Gasteiger partial charge in [-0.25, -0.2) is 4.98 Å². The van der Waals surface area contributed by atoms with Crippen molar-refractivity contribution in [3.8, 4) is 5.75 Å². The first-order valence-corrected chi connectivity index (χ1v) is 10.8. The van der Waals surface area contributed by atoms with Gasteiger partial charge in [-0.05, 0) is 55.2 Å². The number of nitrogens with zero attached hydrogens (tertiary/aromatic N) is 3. The van der Waals surface area contributed by atoms with Crippen molar-refractivity contribution in [1.82, 2.24) is 14.3 Å². The molecule has 1 aliphatic carbocycles. The standard InChI is InChI=1S/C22H25N3O2S/c1-14-18(21(26)25-8-9-28-22(25)23-14)6-7-24-12-16-11-19(20(16)13-24)15-4-3-5-17(10-15)27-2/h3-5,8-10,16,19-20H,6-7,11-13H2,1-2H3. The molecule has 3 heterocycles. The molecule has 1 aromatic carbocycles. The van der Waals surface area contributed by atoms with Crippen molar-refractivity contribution >= 4 is 16.3 Å². The van der Waals surface area contributed by atoms with Crippen molar-refractivity contribution in [2.45, 2.75) is 25.7 Å². The van der Waals surface area contributed by atoms with Crippen molar-refractivity contribution in [2.75, 3.05) is 26.7 Å². The summed E-state index contributed by atoms with van der Waals surface area (Å²) in [5.74, 6) is 3.10. The summed E-state index contributed by atoms with van der Waals surface area (Å²) >= 11 is 1.51. The molecule has 0 spiro atoms. The Morgan fingerprint density at radius 1 is 1.32 bits per heavy atom. The van der Waals surface area contributed by atoms with Crippen LogP contribution in [0.15, 0.2) is 40.6 Å². The summed E-state index contributed by atoms with van der Waals surface area (Å²) in [5, 5.41) is 1.92. The minimum absolute atomic E-state index is 0.0974. The summed E-state index contributed by atoms with van der Waals surface area (Å²) in [4.78, 5) is 20.7. The smallest absolute Gasteiger partial charge is 0.261 e. The fourth-order valence-electron chi connectivity index (χ4n) is 5.01. The zero-order valence-corrected chi connectivity index (χ0v) is 17.1. The van der Waals surface area contributed by atoms with Crippen molar-refractivity contribution < 1.29 is 4.74 Å². The molecule has 2 aromatic heterocycles. The van der Waals surface area contributed by atoms with Crippen LogP contribution in [0.5, 0.6) is 5.75 Å². The quantitative estimate of drug-likeness (QED) is 0.665. The third kappa shape index (κ3) is 2.95. The van der Waals surface area contributed by atoms with Crippen LogP contribution in [-0.4, -0.2) is 41.0 Å². The summed E-state index contributed by atoms with van der Waals surface area (Å²) in [6, 6.07) is 8.53. The van der Waals surface area contributed by atoms with E-state index in [0.717, 1.165) is 59.9 Å². The second-order valence-electron chi connectivity index (χ2n) is 8.09. The van der Waals surface area contributed by atoms with E-state index in [1.165, 1.54) is 23.3 Å². The van der Waals surface area contributed by atoms with Gasteiger partial charge in [-0.3, -0.25) is 9.20 Å². The lowest BCUT2D eigenvalue weighted by Crippen LogP contribution is -2.33. The van der Waals surface area contributed by atoms with Crippen molar-refractivity contribution in [3.63, 3.8) is 0 Å². The molecule has 5 rings (SSSR count). The summed E-state index contributed by atoms with van der Waals surface area (Å²) in [6.07, 6.45) is 3.87. The van der Waals surface area contributed by atoms with E-state index in [-0.39, 0.29) is 5.56 Å². The number of fused-ring (bicyclic) bond motifs is 2. The van der Waals surface area contributed by atoms with Gasteiger partial charge in [-0.15, -0.1) is 11.3 Å². The van der Waals surface area contributed by atoms with Crippen LogP contribution in [0.3, 0.4) is 0 Å². The average Bonchev–Trinajstić information content (AvgIpc) is 3.27. The van der Waals surface area contributed by atoms with Gasteiger partial charge in [0.25, 0.3) is 5.56 Å². The Bertz CT molecular complexity index is 1070. The molecule has 2 aliphatic rings. The lowest BCUT2D eigenvalue weighted by atomic mass is 9.64. The topological polar surface area (TPSA) is 46.8 Å². The molecule has 28 heavy (non-hydrogen) atoms. The fourth-order valence-corrected chi connectivity index (χ4v) is 5.76. The Balaban J connectivity index is 1.26. The highest BCUT2D eigenvalue weighted by atomic mass is 32.1. The SMILES string of the molecule is COc1cccc(C2CC3CN(CCc4c(C)nc5sccn5c4=O)CC32)c1. The van der Waals surface area contributed by atoms with Gasteiger partial charge in [-0.2, -0.15) is 0 Å².